The average Bonchev–Trinajstić information content (AvgIpc) is 2.91. The molecule has 2 atom stereocenters. The molecule has 0 spiro atoms. The normalized spacial score (nSPS) is 20.7. The van der Waals surface area contributed by atoms with Crippen LogP contribution in [0.3, 0.4) is 0 Å². The second-order valence-electron chi connectivity index (χ2n) is 11.8. The van der Waals surface area contributed by atoms with E-state index >= 15 is 0 Å². The highest BCUT2D eigenvalue weighted by Gasteiger charge is 2.56. The first-order valence-electron chi connectivity index (χ1n) is 14.2. The van der Waals surface area contributed by atoms with E-state index in [1.165, 1.54) is 4.31 Å². The summed E-state index contributed by atoms with van der Waals surface area (Å²) in [7, 11) is -6.22. The van der Waals surface area contributed by atoms with Crippen LogP contribution in [-0.4, -0.2) is 46.1 Å². The fourth-order valence-corrected chi connectivity index (χ4v) is 14.0. The summed E-state index contributed by atoms with van der Waals surface area (Å²) in [4.78, 5) is 14.5. The third-order valence-corrected chi connectivity index (χ3v) is 17.0. The molecule has 1 aliphatic heterocycles. The lowest BCUT2D eigenvalue weighted by molar-refractivity contribution is -0.141. The molecule has 3 rings (SSSR count). The van der Waals surface area contributed by atoms with Gasteiger partial charge in [-0.2, -0.15) is 4.31 Å². The molecule has 1 heterocycles. The van der Waals surface area contributed by atoms with Crippen LogP contribution in [0.2, 0.25) is 16.6 Å². The van der Waals surface area contributed by atoms with Gasteiger partial charge in [0.15, 0.2) is 0 Å². The van der Waals surface area contributed by atoms with Crippen molar-refractivity contribution in [3.05, 3.63) is 77.3 Å². The fraction of sp³-hybridized carbons (Fsp3) is 0.516. The second-order valence-corrected chi connectivity index (χ2v) is 20.1. The monoisotopic (exact) mass is 648 g/mol. The highest BCUT2D eigenvalue weighted by molar-refractivity contribution is 9.10. The van der Waals surface area contributed by atoms with Gasteiger partial charge in [-0.1, -0.05) is 93.9 Å². The van der Waals surface area contributed by atoms with Crippen LogP contribution in [0.4, 0.5) is 0 Å². The highest BCUT2D eigenvalue weighted by Crippen LogP contribution is 2.48. The molecule has 1 fully saturated rings. The van der Waals surface area contributed by atoms with Crippen molar-refractivity contribution in [2.45, 2.75) is 88.6 Å². The van der Waals surface area contributed by atoms with Crippen molar-refractivity contribution < 1.29 is 17.6 Å². The van der Waals surface area contributed by atoms with Gasteiger partial charge in [-0.25, -0.2) is 8.42 Å². The van der Waals surface area contributed by atoms with Crippen molar-refractivity contribution in [2.24, 2.45) is 5.41 Å². The van der Waals surface area contributed by atoms with Gasteiger partial charge < -0.3 is 9.74 Å². The number of carbonyl (C=O) groups excluding carboxylic acids is 1. The molecule has 1 saturated heterocycles. The maximum Gasteiger partial charge on any atom is 0.243 e. The lowest BCUT2D eigenvalue weighted by Crippen LogP contribution is -2.64. The number of allylic oxidation sites excluding steroid dienone is 1. The standard InChI is InChI=1S/C31H45BrN2O4SSi/c1-8-19-31(30(35)33-21-26-12-10-9-11-13-26)22-34(39(36,37)28-16-14-27(32)15-17-28)20-18-29(31)38-40(23(2)3,24(4)5)25(6)7/h8-17,23-25,29H,1,18-22H2,2-7H3,(H,33,35)/t29-,31+/m1/s1. The summed E-state index contributed by atoms with van der Waals surface area (Å²) in [6.07, 6.45) is 2.04. The maximum absolute atomic E-state index is 14.3. The van der Waals surface area contributed by atoms with E-state index in [1.54, 1.807) is 30.3 Å². The third kappa shape index (κ3) is 6.64. The van der Waals surface area contributed by atoms with Gasteiger partial charge in [-0.15, -0.1) is 6.58 Å². The molecular formula is C31H45BrN2O4SSi. The van der Waals surface area contributed by atoms with Crippen molar-refractivity contribution >= 4 is 40.2 Å². The second kappa shape index (κ2) is 13.5. The van der Waals surface area contributed by atoms with Gasteiger partial charge in [0.05, 0.1) is 16.4 Å². The first-order valence-corrected chi connectivity index (χ1v) is 18.5. The van der Waals surface area contributed by atoms with Gasteiger partial charge in [0.2, 0.25) is 24.2 Å². The van der Waals surface area contributed by atoms with E-state index in [9.17, 15) is 13.2 Å². The van der Waals surface area contributed by atoms with E-state index in [-0.39, 0.29) is 23.9 Å². The van der Waals surface area contributed by atoms with Crippen LogP contribution < -0.4 is 5.32 Å². The number of carbonyl (C=O) groups is 1. The quantitative estimate of drug-likeness (QED) is 0.194. The van der Waals surface area contributed by atoms with Gasteiger partial charge in [0.1, 0.15) is 0 Å². The number of hydrogen-bond acceptors (Lipinski definition) is 4. The predicted molar refractivity (Wildman–Crippen MR) is 169 cm³/mol. The minimum absolute atomic E-state index is 0.0292. The number of nitrogens with zero attached hydrogens (tertiary/aromatic N) is 1. The van der Waals surface area contributed by atoms with Gasteiger partial charge in [-0.05, 0) is 59.3 Å². The number of rotatable bonds is 12. The lowest BCUT2D eigenvalue weighted by Gasteiger charge is -2.52. The molecule has 0 bridgehead atoms. The van der Waals surface area contributed by atoms with Gasteiger partial charge in [-0.3, -0.25) is 4.79 Å². The zero-order valence-electron chi connectivity index (χ0n) is 24.7. The Hall–Kier alpha value is -1.78. The number of sulfonamides is 1. The summed E-state index contributed by atoms with van der Waals surface area (Å²) in [6.45, 7) is 18.0. The summed E-state index contributed by atoms with van der Waals surface area (Å²) in [5.74, 6) is -0.198. The van der Waals surface area contributed by atoms with Gasteiger partial charge in [0, 0.05) is 24.1 Å². The van der Waals surface area contributed by atoms with E-state index < -0.39 is 29.9 Å². The average molecular weight is 650 g/mol. The number of benzene rings is 2. The van der Waals surface area contributed by atoms with Crippen LogP contribution >= 0.6 is 15.9 Å². The Kier molecular flexibility index (Phi) is 11.0. The Labute approximate surface area is 250 Å². The Morgan fingerprint density at radius 2 is 1.65 bits per heavy atom. The predicted octanol–water partition coefficient (Wildman–Crippen LogP) is 7.28. The van der Waals surface area contributed by atoms with Crippen LogP contribution in [0.25, 0.3) is 0 Å². The van der Waals surface area contributed by atoms with Crippen molar-refractivity contribution in [3.8, 4) is 0 Å². The van der Waals surface area contributed by atoms with Crippen LogP contribution in [-0.2, 0) is 25.8 Å². The van der Waals surface area contributed by atoms with Crippen LogP contribution in [0.15, 0.2) is 76.6 Å². The SMILES string of the molecule is C=CC[C@]1(C(=O)NCc2ccccc2)CN(S(=O)(=O)c2ccc(Br)cc2)CC[C@H]1O[Si](C(C)C)(C(C)C)C(C)C. The summed E-state index contributed by atoms with van der Waals surface area (Å²) in [5, 5.41) is 3.14. The third-order valence-electron chi connectivity index (χ3n) is 8.48. The van der Waals surface area contributed by atoms with Crippen LogP contribution in [0.5, 0.6) is 0 Å². The molecule has 0 unspecified atom stereocenters. The Morgan fingerprint density at radius 1 is 1.07 bits per heavy atom. The molecule has 1 aliphatic rings. The fourth-order valence-electron chi connectivity index (χ4n) is 6.54. The minimum atomic E-state index is -3.83. The first-order chi connectivity index (χ1) is 18.8. The van der Waals surface area contributed by atoms with E-state index in [0.717, 1.165) is 10.0 Å². The largest absolute Gasteiger partial charge is 0.412 e. The molecule has 1 N–H and O–H groups in total. The molecule has 6 nitrogen and oxygen atoms in total. The number of halogens is 1. The molecule has 1 amide bonds. The molecule has 0 radical (unpaired) electrons. The Morgan fingerprint density at radius 3 is 2.17 bits per heavy atom. The Balaban J connectivity index is 2.08. The van der Waals surface area contributed by atoms with Crippen molar-refractivity contribution in [1.29, 1.82) is 0 Å². The molecule has 2 aromatic rings. The van der Waals surface area contributed by atoms with E-state index in [4.69, 9.17) is 4.43 Å². The number of hydrogen-bond donors (Lipinski definition) is 1. The molecule has 0 aliphatic carbocycles. The molecule has 220 valence electrons. The van der Waals surface area contributed by atoms with Crippen LogP contribution in [0, 0.1) is 5.41 Å². The minimum Gasteiger partial charge on any atom is -0.412 e. The van der Waals surface area contributed by atoms with Gasteiger partial charge in [0.25, 0.3) is 0 Å². The summed E-state index contributed by atoms with van der Waals surface area (Å²) in [5.41, 5.74) is 0.837. The van der Waals surface area contributed by atoms with Gasteiger partial charge >= 0.3 is 0 Å². The molecule has 0 saturated carbocycles. The molecule has 0 aromatic heterocycles. The van der Waals surface area contributed by atoms with Crippen LogP contribution in [0.1, 0.15) is 59.9 Å². The van der Waals surface area contributed by atoms with E-state index in [2.05, 4.69) is 69.4 Å². The number of nitrogens with one attached hydrogen (secondary N) is 1. The van der Waals surface area contributed by atoms with E-state index in [1.807, 2.05) is 30.3 Å². The zero-order valence-corrected chi connectivity index (χ0v) is 28.1. The first kappa shape index (κ1) is 32.7. The Bertz CT molecular complexity index is 1230. The summed E-state index contributed by atoms with van der Waals surface area (Å²) in [6, 6.07) is 16.4. The zero-order chi connectivity index (χ0) is 29.7. The molecule has 40 heavy (non-hydrogen) atoms. The van der Waals surface area contributed by atoms with E-state index in [0.29, 0.717) is 36.0 Å². The number of amides is 1. The summed E-state index contributed by atoms with van der Waals surface area (Å²) < 4.78 is 37.2. The van der Waals surface area contributed by atoms with Crippen molar-refractivity contribution in [1.82, 2.24) is 9.62 Å². The highest BCUT2D eigenvalue weighted by atomic mass is 79.9. The molecule has 2 aromatic carbocycles. The maximum atomic E-state index is 14.3. The topological polar surface area (TPSA) is 75.7 Å². The molecule has 9 heteroatoms. The van der Waals surface area contributed by atoms with Crippen molar-refractivity contribution in [2.75, 3.05) is 13.1 Å². The lowest BCUT2D eigenvalue weighted by atomic mass is 9.74. The molecular weight excluding hydrogens is 604 g/mol. The smallest absolute Gasteiger partial charge is 0.243 e. The van der Waals surface area contributed by atoms with Crippen molar-refractivity contribution in [3.63, 3.8) is 0 Å². The number of piperidine rings is 1. The summed E-state index contributed by atoms with van der Waals surface area (Å²) >= 11 is 3.39.